The summed E-state index contributed by atoms with van der Waals surface area (Å²) in [4.78, 5) is 7.09. The van der Waals surface area contributed by atoms with Crippen molar-refractivity contribution in [2.24, 2.45) is 0 Å². The molecule has 0 atom stereocenters. The largest absolute Gasteiger partial charge is 0.310 e. The van der Waals surface area contributed by atoms with Gasteiger partial charge in [-0.05, 0) is 121 Å². The molecule has 2 aromatic heterocycles. The number of hydrogen-bond donors (Lipinski definition) is 0. The number of anilines is 9. The summed E-state index contributed by atoms with van der Waals surface area (Å²) in [6, 6.07) is 81.0. The first-order chi connectivity index (χ1) is 29.2. The summed E-state index contributed by atoms with van der Waals surface area (Å²) in [5, 5.41) is 5.09. The highest BCUT2D eigenvalue weighted by molar-refractivity contribution is 7.26. The molecule has 0 N–H and O–H groups in total. The molecule has 5 heteroatoms. The normalized spacial score (nSPS) is 11.4. The van der Waals surface area contributed by atoms with Crippen LogP contribution in [0.25, 0.3) is 40.3 Å². The van der Waals surface area contributed by atoms with Crippen LogP contribution in [-0.2, 0) is 0 Å². The minimum atomic E-state index is 1.08. The second-order valence-corrected chi connectivity index (χ2v) is 16.8. The third-order valence-electron chi connectivity index (χ3n) is 11.0. The highest BCUT2D eigenvalue weighted by Gasteiger charge is 2.20. The van der Waals surface area contributed by atoms with E-state index in [4.69, 9.17) is 0 Å². The van der Waals surface area contributed by atoms with Crippen LogP contribution in [0.15, 0.2) is 224 Å². The zero-order chi connectivity index (χ0) is 39.1. The van der Waals surface area contributed by atoms with Gasteiger partial charge in [0.25, 0.3) is 0 Å². The van der Waals surface area contributed by atoms with Crippen LogP contribution in [0.3, 0.4) is 0 Å². The van der Waals surface area contributed by atoms with Gasteiger partial charge in [-0.15, -0.1) is 22.7 Å². The Bertz CT molecular complexity index is 3190. The lowest BCUT2D eigenvalue weighted by Crippen LogP contribution is -2.13. The van der Waals surface area contributed by atoms with E-state index in [0.717, 1.165) is 51.2 Å². The predicted octanol–water partition coefficient (Wildman–Crippen LogP) is 16.8. The van der Waals surface area contributed by atoms with Crippen molar-refractivity contribution in [3.05, 3.63) is 224 Å². The molecule has 0 radical (unpaired) electrons. The number of rotatable bonds is 9. The second-order valence-electron chi connectivity index (χ2n) is 14.6. The van der Waals surface area contributed by atoms with Gasteiger partial charge in [-0.25, -0.2) is 0 Å². The number of nitrogens with zero attached hydrogens (tertiary/aromatic N) is 3. The van der Waals surface area contributed by atoms with Gasteiger partial charge in [-0.2, -0.15) is 0 Å². The van der Waals surface area contributed by atoms with Crippen LogP contribution in [0.5, 0.6) is 0 Å². The average molecular weight is 792 g/mol. The van der Waals surface area contributed by atoms with Crippen molar-refractivity contribution < 1.29 is 0 Å². The molecule has 0 aliphatic heterocycles. The van der Waals surface area contributed by atoms with E-state index in [1.54, 1.807) is 0 Å². The Morgan fingerprint density at radius 3 is 1.05 bits per heavy atom. The standard InChI is InChI=1S/C54H37N3S2/c1-5-16-38(17-6-1)55(39-18-7-2-8-19-39)44-29-33-53-50(35-44)48-31-28-46(37-54(48)59-53)57(41-22-11-4-12-23-41)43-25-15-24-42(34-43)56(40-20-9-3-10-21-40)45-30-32-52-49(36-45)47-26-13-14-27-51(47)58-52/h1-37H. The molecule has 0 saturated heterocycles. The summed E-state index contributed by atoms with van der Waals surface area (Å²) in [6.45, 7) is 0. The van der Waals surface area contributed by atoms with Crippen molar-refractivity contribution in [2.75, 3.05) is 14.7 Å². The Morgan fingerprint density at radius 1 is 0.203 bits per heavy atom. The van der Waals surface area contributed by atoms with Crippen molar-refractivity contribution in [3.63, 3.8) is 0 Å². The van der Waals surface area contributed by atoms with Crippen LogP contribution in [0.2, 0.25) is 0 Å². The van der Waals surface area contributed by atoms with Crippen molar-refractivity contribution in [3.8, 4) is 0 Å². The molecule has 0 amide bonds. The van der Waals surface area contributed by atoms with Gasteiger partial charge >= 0.3 is 0 Å². The lowest BCUT2D eigenvalue weighted by atomic mass is 10.1. The van der Waals surface area contributed by atoms with E-state index in [2.05, 4.69) is 239 Å². The molecule has 0 spiro atoms. The highest BCUT2D eigenvalue weighted by Crippen LogP contribution is 2.46. The first-order valence-electron chi connectivity index (χ1n) is 19.8. The Morgan fingerprint density at radius 2 is 0.542 bits per heavy atom. The smallest absolute Gasteiger partial charge is 0.0482 e. The van der Waals surface area contributed by atoms with Crippen LogP contribution in [0, 0.1) is 0 Å². The number of hydrogen-bond acceptors (Lipinski definition) is 5. The van der Waals surface area contributed by atoms with E-state index >= 15 is 0 Å². The molecule has 0 aliphatic carbocycles. The van der Waals surface area contributed by atoms with Crippen molar-refractivity contribution in [1.82, 2.24) is 0 Å². The number of thiophene rings is 2. The summed E-state index contributed by atoms with van der Waals surface area (Å²) in [7, 11) is 0. The SMILES string of the molecule is c1ccc(N(c2cccc(N(c3ccccc3)c3ccc4sc5ccccc5c4c3)c2)c2ccc3c(c2)sc2ccc(N(c4ccccc4)c4ccccc4)cc23)cc1. The molecule has 0 fully saturated rings. The Kier molecular flexibility index (Phi) is 8.88. The molecular weight excluding hydrogens is 755 g/mol. The molecule has 0 aliphatic rings. The molecule has 0 saturated carbocycles. The zero-order valence-electron chi connectivity index (χ0n) is 32.0. The topological polar surface area (TPSA) is 9.72 Å². The maximum Gasteiger partial charge on any atom is 0.0482 e. The molecule has 59 heavy (non-hydrogen) atoms. The van der Waals surface area contributed by atoms with E-state index < -0.39 is 0 Å². The number of benzene rings is 9. The van der Waals surface area contributed by atoms with E-state index in [0.29, 0.717) is 0 Å². The molecule has 11 rings (SSSR count). The van der Waals surface area contributed by atoms with Crippen LogP contribution in [-0.4, -0.2) is 0 Å². The molecule has 0 unspecified atom stereocenters. The summed E-state index contributed by atoms with van der Waals surface area (Å²) in [6.07, 6.45) is 0. The zero-order valence-corrected chi connectivity index (χ0v) is 33.7. The first kappa shape index (κ1) is 35.0. The second kappa shape index (κ2) is 15.0. The fourth-order valence-electron chi connectivity index (χ4n) is 8.31. The van der Waals surface area contributed by atoms with Gasteiger partial charge in [0, 0.05) is 91.5 Å². The quantitative estimate of drug-likeness (QED) is 0.144. The number of fused-ring (bicyclic) bond motifs is 6. The van der Waals surface area contributed by atoms with Crippen LogP contribution in [0.4, 0.5) is 51.2 Å². The fraction of sp³-hybridized carbons (Fsp3) is 0. The first-order valence-corrected chi connectivity index (χ1v) is 21.5. The average Bonchev–Trinajstić information content (AvgIpc) is 3.86. The van der Waals surface area contributed by atoms with Crippen molar-refractivity contribution in [1.29, 1.82) is 0 Å². The van der Waals surface area contributed by atoms with Gasteiger partial charge in [0.15, 0.2) is 0 Å². The van der Waals surface area contributed by atoms with Gasteiger partial charge in [0.05, 0.1) is 0 Å². The molecule has 3 nitrogen and oxygen atoms in total. The van der Waals surface area contributed by atoms with Gasteiger partial charge < -0.3 is 14.7 Å². The Balaban J connectivity index is 1.02. The number of para-hydroxylation sites is 4. The highest BCUT2D eigenvalue weighted by atomic mass is 32.1. The third kappa shape index (κ3) is 6.47. The lowest BCUT2D eigenvalue weighted by Gasteiger charge is -2.29. The fourth-order valence-corrected chi connectivity index (χ4v) is 10.5. The van der Waals surface area contributed by atoms with E-state index in [-0.39, 0.29) is 0 Å². The third-order valence-corrected chi connectivity index (χ3v) is 13.3. The predicted molar refractivity (Wildman–Crippen MR) is 256 cm³/mol. The van der Waals surface area contributed by atoms with Crippen molar-refractivity contribution in [2.45, 2.75) is 0 Å². The van der Waals surface area contributed by atoms with Gasteiger partial charge in [-0.3, -0.25) is 0 Å². The van der Waals surface area contributed by atoms with Crippen LogP contribution >= 0.6 is 22.7 Å². The Labute approximate surface area is 351 Å². The van der Waals surface area contributed by atoms with Gasteiger partial charge in [0.2, 0.25) is 0 Å². The molecule has 280 valence electrons. The monoisotopic (exact) mass is 791 g/mol. The summed E-state index contributed by atoms with van der Waals surface area (Å²) >= 11 is 3.70. The maximum atomic E-state index is 2.38. The Hall–Kier alpha value is -7.18. The van der Waals surface area contributed by atoms with Gasteiger partial charge in [0.1, 0.15) is 0 Å². The van der Waals surface area contributed by atoms with E-state index in [9.17, 15) is 0 Å². The van der Waals surface area contributed by atoms with E-state index in [1.165, 1.54) is 40.3 Å². The molecule has 9 aromatic carbocycles. The lowest BCUT2D eigenvalue weighted by molar-refractivity contribution is 1.25. The van der Waals surface area contributed by atoms with Crippen LogP contribution in [0.1, 0.15) is 0 Å². The molecular formula is C54H37N3S2. The molecule has 0 bridgehead atoms. The maximum absolute atomic E-state index is 2.38. The summed E-state index contributed by atoms with van der Waals surface area (Å²) in [5.74, 6) is 0. The molecule has 11 aromatic rings. The summed E-state index contributed by atoms with van der Waals surface area (Å²) < 4.78 is 5.12. The minimum Gasteiger partial charge on any atom is -0.310 e. The minimum absolute atomic E-state index is 1.08. The molecule has 2 heterocycles. The van der Waals surface area contributed by atoms with Crippen LogP contribution < -0.4 is 14.7 Å². The van der Waals surface area contributed by atoms with E-state index in [1.807, 2.05) is 22.7 Å². The van der Waals surface area contributed by atoms with Crippen molar-refractivity contribution >= 4 is 114 Å². The summed E-state index contributed by atoms with van der Waals surface area (Å²) in [5.41, 5.74) is 10.0. The van der Waals surface area contributed by atoms with Gasteiger partial charge in [-0.1, -0.05) is 103 Å².